The number of halogens is 1. The minimum Gasteiger partial charge on any atom is -0.325 e. The quantitative estimate of drug-likeness (QED) is 0.445. The average molecular weight is 278 g/mol. The molecule has 112 valence electrons. The first-order valence-electron chi connectivity index (χ1n) is 7.97. The van der Waals surface area contributed by atoms with Crippen LogP contribution >= 0.6 is 12.4 Å². The van der Waals surface area contributed by atoms with Gasteiger partial charge in [-0.1, -0.05) is 78.6 Å². The molecule has 0 aromatic rings. The molecule has 2 N–H and O–H groups in total. The molecule has 0 radical (unpaired) electrons. The van der Waals surface area contributed by atoms with E-state index in [1.807, 2.05) is 0 Å². The Morgan fingerprint density at radius 3 is 1.11 bits per heavy atom. The molecule has 0 fully saturated rings. The van der Waals surface area contributed by atoms with Gasteiger partial charge in [-0.15, -0.1) is 12.4 Å². The van der Waals surface area contributed by atoms with Crippen LogP contribution in [-0.4, -0.2) is 5.54 Å². The zero-order valence-corrected chi connectivity index (χ0v) is 13.8. The van der Waals surface area contributed by atoms with Crippen LogP contribution in [0.15, 0.2) is 0 Å². The summed E-state index contributed by atoms with van der Waals surface area (Å²) in [6.45, 7) is 6.81. The van der Waals surface area contributed by atoms with Crippen LogP contribution in [0.4, 0.5) is 0 Å². The molecule has 0 spiro atoms. The van der Waals surface area contributed by atoms with E-state index in [9.17, 15) is 0 Å². The third-order valence-corrected chi connectivity index (χ3v) is 3.83. The lowest BCUT2D eigenvalue weighted by Gasteiger charge is -2.30. The van der Waals surface area contributed by atoms with Gasteiger partial charge in [-0.3, -0.25) is 0 Å². The van der Waals surface area contributed by atoms with Crippen molar-refractivity contribution in [1.29, 1.82) is 0 Å². The highest BCUT2D eigenvalue weighted by atomic mass is 35.5. The number of hydrogen-bond donors (Lipinski definition) is 1. The van der Waals surface area contributed by atoms with E-state index in [1.165, 1.54) is 77.0 Å². The van der Waals surface area contributed by atoms with Gasteiger partial charge in [0, 0.05) is 5.54 Å². The third kappa shape index (κ3) is 11.3. The largest absolute Gasteiger partial charge is 0.325 e. The van der Waals surface area contributed by atoms with Crippen LogP contribution in [-0.2, 0) is 0 Å². The van der Waals surface area contributed by atoms with Crippen LogP contribution in [0.1, 0.15) is 97.8 Å². The first-order valence-corrected chi connectivity index (χ1v) is 7.97. The lowest BCUT2D eigenvalue weighted by molar-refractivity contribution is 0.306. The molecular weight excluding hydrogens is 242 g/mol. The van der Waals surface area contributed by atoms with E-state index in [4.69, 9.17) is 5.73 Å². The van der Waals surface area contributed by atoms with Crippen LogP contribution in [0.3, 0.4) is 0 Å². The van der Waals surface area contributed by atoms with E-state index in [0.29, 0.717) is 0 Å². The summed E-state index contributed by atoms with van der Waals surface area (Å²) in [4.78, 5) is 0. The second-order valence-electron chi connectivity index (χ2n) is 5.73. The molecule has 0 aromatic carbocycles. The van der Waals surface area contributed by atoms with Crippen molar-refractivity contribution in [2.75, 3.05) is 0 Å². The lowest BCUT2D eigenvalue weighted by Crippen LogP contribution is -2.39. The summed E-state index contributed by atoms with van der Waals surface area (Å²) in [6.07, 6.45) is 15.7. The fraction of sp³-hybridized carbons (Fsp3) is 1.00. The number of nitrogens with two attached hydrogens (primary N) is 1. The summed E-state index contributed by atoms with van der Waals surface area (Å²) in [7, 11) is 0. The number of hydrogen-bond acceptors (Lipinski definition) is 1. The van der Waals surface area contributed by atoms with Crippen molar-refractivity contribution in [2.45, 2.75) is 103 Å². The van der Waals surface area contributed by atoms with Crippen LogP contribution < -0.4 is 5.73 Å². The third-order valence-electron chi connectivity index (χ3n) is 3.83. The predicted octanol–water partition coefficient (Wildman–Crippen LogP) is 5.85. The van der Waals surface area contributed by atoms with E-state index in [2.05, 4.69) is 20.8 Å². The summed E-state index contributed by atoms with van der Waals surface area (Å²) in [5, 5.41) is 0. The zero-order chi connectivity index (χ0) is 13.0. The summed E-state index contributed by atoms with van der Waals surface area (Å²) < 4.78 is 0. The maximum atomic E-state index is 6.62. The molecule has 0 aliphatic rings. The highest BCUT2D eigenvalue weighted by Crippen LogP contribution is 2.25. The minimum absolute atomic E-state index is 0. The maximum absolute atomic E-state index is 6.62. The van der Waals surface area contributed by atoms with Gasteiger partial charge in [0.1, 0.15) is 0 Å². The summed E-state index contributed by atoms with van der Waals surface area (Å²) in [5.74, 6) is 0. The monoisotopic (exact) mass is 277 g/mol. The molecule has 0 aromatic heterocycles. The molecule has 0 aliphatic carbocycles. The Morgan fingerprint density at radius 1 is 0.611 bits per heavy atom. The van der Waals surface area contributed by atoms with E-state index in [0.717, 1.165) is 0 Å². The molecule has 0 amide bonds. The second-order valence-corrected chi connectivity index (χ2v) is 5.73. The smallest absolute Gasteiger partial charge is 0.0154 e. The van der Waals surface area contributed by atoms with Crippen LogP contribution in [0, 0.1) is 0 Å². The van der Waals surface area contributed by atoms with Gasteiger partial charge in [0.15, 0.2) is 0 Å². The molecular formula is C16H36ClN. The minimum atomic E-state index is 0. The van der Waals surface area contributed by atoms with Gasteiger partial charge in [0.25, 0.3) is 0 Å². The van der Waals surface area contributed by atoms with Crippen molar-refractivity contribution in [2.24, 2.45) is 5.73 Å². The Morgan fingerprint density at radius 2 is 0.889 bits per heavy atom. The van der Waals surface area contributed by atoms with Crippen molar-refractivity contribution >= 4 is 12.4 Å². The van der Waals surface area contributed by atoms with E-state index in [1.54, 1.807) is 0 Å². The Bertz CT molecular complexity index is 133. The fourth-order valence-corrected chi connectivity index (χ4v) is 2.56. The second kappa shape index (κ2) is 13.7. The van der Waals surface area contributed by atoms with Gasteiger partial charge in [-0.2, -0.15) is 0 Å². The summed E-state index contributed by atoms with van der Waals surface area (Å²) >= 11 is 0. The van der Waals surface area contributed by atoms with Gasteiger partial charge < -0.3 is 5.73 Å². The molecule has 0 rings (SSSR count). The number of rotatable bonds is 12. The number of unbranched alkanes of at least 4 members (excludes halogenated alkanes) is 6. The molecule has 18 heavy (non-hydrogen) atoms. The van der Waals surface area contributed by atoms with Gasteiger partial charge in [-0.25, -0.2) is 0 Å². The zero-order valence-electron chi connectivity index (χ0n) is 13.0. The molecule has 0 saturated heterocycles. The predicted molar refractivity (Wildman–Crippen MR) is 86.6 cm³/mol. The standard InChI is InChI=1S/C16H35N.ClH/c1-4-7-10-13-16(17,14-11-8-5-2)15-12-9-6-3;/h4-15,17H2,1-3H3;1H. The maximum Gasteiger partial charge on any atom is 0.0154 e. The van der Waals surface area contributed by atoms with Crippen molar-refractivity contribution in [1.82, 2.24) is 0 Å². The van der Waals surface area contributed by atoms with Gasteiger partial charge in [0.05, 0.1) is 0 Å². The van der Waals surface area contributed by atoms with Gasteiger partial charge >= 0.3 is 0 Å². The molecule has 0 saturated carbocycles. The fourth-order valence-electron chi connectivity index (χ4n) is 2.56. The SMILES string of the molecule is CCCCCC(N)(CCCCC)CCCCC.Cl. The summed E-state index contributed by atoms with van der Waals surface area (Å²) in [6, 6.07) is 0. The topological polar surface area (TPSA) is 26.0 Å². The molecule has 0 unspecified atom stereocenters. The van der Waals surface area contributed by atoms with Crippen molar-refractivity contribution in [3.8, 4) is 0 Å². The first-order chi connectivity index (χ1) is 8.18. The Hall–Kier alpha value is 0.250. The highest BCUT2D eigenvalue weighted by Gasteiger charge is 2.22. The van der Waals surface area contributed by atoms with Gasteiger partial charge in [-0.05, 0) is 19.3 Å². The van der Waals surface area contributed by atoms with Gasteiger partial charge in [0.2, 0.25) is 0 Å². The molecule has 0 bridgehead atoms. The Balaban J connectivity index is 0. The summed E-state index contributed by atoms with van der Waals surface area (Å²) in [5.41, 5.74) is 6.77. The average Bonchev–Trinajstić information content (AvgIpc) is 2.30. The van der Waals surface area contributed by atoms with E-state index < -0.39 is 0 Å². The molecule has 1 nitrogen and oxygen atoms in total. The first kappa shape index (κ1) is 20.6. The molecule has 0 aliphatic heterocycles. The van der Waals surface area contributed by atoms with Crippen LogP contribution in [0.25, 0.3) is 0 Å². The molecule has 2 heteroatoms. The normalized spacial score (nSPS) is 11.3. The van der Waals surface area contributed by atoms with Crippen molar-refractivity contribution in [3.63, 3.8) is 0 Å². The Labute approximate surface area is 122 Å². The van der Waals surface area contributed by atoms with E-state index in [-0.39, 0.29) is 17.9 Å². The van der Waals surface area contributed by atoms with Crippen LogP contribution in [0.5, 0.6) is 0 Å². The van der Waals surface area contributed by atoms with E-state index >= 15 is 0 Å². The highest BCUT2D eigenvalue weighted by molar-refractivity contribution is 5.85. The molecule has 0 atom stereocenters. The molecule has 0 heterocycles. The van der Waals surface area contributed by atoms with Crippen molar-refractivity contribution < 1.29 is 0 Å². The van der Waals surface area contributed by atoms with Crippen molar-refractivity contribution in [3.05, 3.63) is 0 Å². The van der Waals surface area contributed by atoms with Crippen LogP contribution in [0.2, 0.25) is 0 Å². The lowest BCUT2D eigenvalue weighted by atomic mass is 9.83. The Kier molecular flexibility index (Phi) is 15.6.